The number of hydrogen-bond donors (Lipinski definition) is 1. The summed E-state index contributed by atoms with van der Waals surface area (Å²) in [6.07, 6.45) is 5.91. The highest BCUT2D eigenvalue weighted by Gasteiger charge is 2.26. The van der Waals surface area contributed by atoms with E-state index in [1.165, 1.54) is 12.1 Å². The minimum atomic E-state index is -0.497. The molecule has 3 aromatic rings. The van der Waals surface area contributed by atoms with Crippen LogP contribution in [0.5, 0.6) is 0 Å². The molecule has 1 aliphatic heterocycles. The predicted molar refractivity (Wildman–Crippen MR) is 105 cm³/mol. The van der Waals surface area contributed by atoms with E-state index >= 15 is 0 Å². The van der Waals surface area contributed by atoms with E-state index in [9.17, 15) is 9.18 Å². The van der Waals surface area contributed by atoms with Crippen LogP contribution in [0.1, 0.15) is 16.8 Å². The van der Waals surface area contributed by atoms with Gasteiger partial charge in [0.25, 0.3) is 5.91 Å². The Labute approximate surface area is 166 Å². The molecule has 1 amide bonds. The van der Waals surface area contributed by atoms with Gasteiger partial charge in [0.1, 0.15) is 5.82 Å². The molecule has 0 spiro atoms. The summed E-state index contributed by atoms with van der Waals surface area (Å²) in [7, 11) is 0. The molecule has 142 valence electrons. The van der Waals surface area contributed by atoms with E-state index in [1.54, 1.807) is 18.6 Å². The Bertz CT molecular complexity index is 1000. The molecular weight excluding hydrogens is 381 g/mol. The summed E-state index contributed by atoms with van der Waals surface area (Å²) >= 11 is 6.01. The maximum absolute atomic E-state index is 13.4. The van der Waals surface area contributed by atoms with Crippen molar-refractivity contribution in [1.82, 2.24) is 20.3 Å². The number of anilines is 1. The molecule has 1 atom stereocenters. The van der Waals surface area contributed by atoms with E-state index in [2.05, 4.69) is 20.3 Å². The van der Waals surface area contributed by atoms with Gasteiger partial charge in [-0.05, 0) is 42.8 Å². The topological polar surface area (TPSA) is 71.0 Å². The minimum absolute atomic E-state index is 0.0996. The average Bonchev–Trinajstić information content (AvgIpc) is 3.19. The van der Waals surface area contributed by atoms with Crippen molar-refractivity contribution in [2.24, 2.45) is 0 Å². The van der Waals surface area contributed by atoms with Gasteiger partial charge in [-0.1, -0.05) is 11.6 Å². The van der Waals surface area contributed by atoms with E-state index in [-0.39, 0.29) is 22.5 Å². The van der Waals surface area contributed by atoms with Gasteiger partial charge in [0.2, 0.25) is 5.95 Å². The maximum atomic E-state index is 13.4. The summed E-state index contributed by atoms with van der Waals surface area (Å²) in [5.41, 5.74) is 1.84. The molecule has 0 radical (unpaired) electrons. The molecule has 1 aromatic carbocycles. The number of hydrogen-bond acceptors (Lipinski definition) is 5. The van der Waals surface area contributed by atoms with E-state index < -0.39 is 5.82 Å². The van der Waals surface area contributed by atoms with Crippen LogP contribution in [0.2, 0.25) is 5.02 Å². The van der Waals surface area contributed by atoms with Crippen LogP contribution < -0.4 is 10.2 Å². The van der Waals surface area contributed by atoms with Crippen molar-refractivity contribution in [3.8, 4) is 11.3 Å². The molecule has 3 heterocycles. The fourth-order valence-corrected chi connectivity index (χ4v) is 3.37. The molecule has 0 bridgehead atoms. The smallest absolute Gasteiger partial charge is 0.253 e. The van der Waals surface area contributed by atoms with Gasteiger partial charge in [0, 0.05) is 43.3 Å². The highest BCUT2D eigenvalue weighted by atomic mass is 35.5. The number of nitrogens with one attached hydrogen (secondary N) is 1. The Balaban J connectivity index is 1.44. The Hall–Kier alpha value is -3.06. The lowest BCUT2D eigenvalue weighted by atomic mass is 10.2. The Morgan fingerprint density at radius 1 is 1.25 bits per heavy atom. The average molecular weight is 398 g/mol. The summed E-state index contributed by atoms with van der Waals surface area (Å²) in [6, 6.07) is 9.28. The summed E-state index contributed by atoms with van der Waals surface area (Å²) in [5, 5.41) is 3.14. The number of rotatable bonds is 4. The number of carbonyl (C=O) groups is 1. The Kier molecular flexibility index (Phi) is 5.16. The van der Waals surface area contributed by atoms with Crippen LogP contribution >= 0.6 is 11.6 Å². The molecule has 1 unspecified atom stereocenters. The van der Waals surface area contributed by atoms with Gasteiger partial charge < -0.3 is 10.2 Å². The second-order valence-corrected chi connectivity index (χ2v) is 6.92. The molecular formula is C20H17ClFN5O. The van der Waals surface area contributed by atoms with Gasteiger partial charge in [-0.25, -0.2) is 14.4 Å². The molecule has 1 N–H and O–H groups in total. The lowest BCUT2D eigenvalue weighted by Gasteiger charge is -2.17. The molecule has 1 aliphatic rings. The van der Waals surface area contributed by atoms with E-state index in [0.29, 0.717) is 19.0 Å². The largest absolute Gasteiger partial charge is 0.347 e. The number of carbonyl (C=O) groups excluding carboxylic acids is 1. The Morgan fingerprint density at radius 2 is 2.14 bits per heavy atom. The zero-order valence-electron chi connectivity index (χ0n) is 14.8. The Morgan fingerprint density at radius 3 is 2.96 bits per heavy atom. The third kappa shape index (κ3) is 3.94. The molecule has 4 rings (SSSR count). The van der Waals surface area contributed by atoms with Crippen molar-refractivity contribution in [3.05, 3.63) is 71.4 Å². The highest BCUT2D eigenvalue weighted by molar-refractivity contribution is 6.33. The first-order chi connectivity index (χ1) is 13.6. The first-order valence-corrected chi connectivity index (χ1v) is 9.22. The van der Waals surface area contributed by atoms with Crippen LogP contribution in [0.4, 0.5) is 10.3 Å². The van der Waals surface area contributed by atoms with Crippen LogP contribution in [-0.2, 0) is 0 Å². The monoisotopic (exact) mass is 397 g/mol. The number of halogens is 2. The molecule has 8 heteroatoms. The molecule has 0 aliphatic carbocycles. The lowest BCUT2D eigenvalue weighted by molar-refractivity contribution is 0.0940. The van der Waals surface area contributed by atoms with E-state index in [1.807, 2.05) is 23.1 Å². The molecule has 1 fully saturated rings. The van der Waals surface area contributed by atoms with Crippen molar-refractivity contribution in [3.63, 3.8) is 0 Å². The maximum Gasteiger partial charge on any atom is 0.253 e. The third-order valence-electron chi connectivity index (χ3n) is 4.58. The zero-order chi connectivity index (χ0) is 19.5. The molecule has 1 saturated heterocycles. The summed E-state index contributed by atoms with van der Waals surface area (Å²) < 4.78 is 13.4. The summed E-state index contributed by atoms with van der Waals surface area (Å²) in [4.78, 5) is 27.5. The first-order valence-electron chi connectivity index (χ1n) is 8.84. The number of amides is 1. The normalized spacial score (nSPS) is 16.2. The minimum Gasteiger partial charge on any atom is -0.347 e. The van der Waals surface area contributed by atoms with Crippen molar-refractivity contribution in [2.45, 2.75) is 12.5 Å². The van der Waals surface area contributed by atoms with Gasteiger partial charge in [-0.15, -0.1) is 0 Å². The highest BCUT2D eigenvalue weighted by Crippen LogP contribution is 2.22. The second kappa shape index (κ2) is 7.90. The number of pyridine rings is 1. The van der Waals surface area contributed by atoms with Crippen molar-refractivity contribution < 1.29 is 9.18 Å². The van der Waals surface area contributed by atoms with Crippen molar-refractivity contribution in [1.29, 1.82) is 0 Å². The number of benzene rings is 1. The van der Waals surface area contributed by atoms with Gasteiger partial charge in [0.15, 0.2) is 0 Å². The van der Waals surface area contributed by atoms with Crippen LogP contribution in [-0.4, -0.2) is 40.0 Å². The molecule has 6 nitrogen and oxygen atoms in total. The molecule has 0 saturated carbocycles. The lowest BCUT2D eigenvalue weighted by Crippen LogP contribution is -2.37. The number of aromatic nitrogens is 3. The quantitative estimate of drug-likeness (QED) is 0.731. The predicted octanol–water partition coefficient (Wildman–Crippen LogP) is 3.34. The summed E-state index contributed by atoms with van der Waals surface area (Å²) in [6.45, 7) is 1.27. The first kappa shape index (κ1) is 18.3. The van der Waals surface area contributed by atoms with Gasteiger partial charge in [0.05, 0.1) is 16.3 Å². The van der Waals surface area contributed by atoms with Crippen molar-refractivity contribution >= 4 is 23.5 Å². The third-order valence-corrected chi connectivity index (χ3v) is 4.91. The van der Waals surface area contributed by atoms with Gasteiger partial charge in [-0.3, -0.25) is 9.78 Å². The van der Waals surface area contributed by atoms with E-state index in [0.717, 1.165) is 23.7 Å². The zero-order valence-corrected chi connectivity index (χ0v) is 15.6. The second-order valence-electron chi connectivity index (χ2n) is 6.51. The van der Waals surface area contributed by atoms with Crippen LogP contribution in [0.15, 0.2) is 55.0 Å². The molecule has 2 aromatic heterocycles. The van der Waals surface area contributed by atoms with Crippen LogP contribution in [0.3, 0.4) is 0 Å². The fourth-order valence-electron chi connectivity index (χ4n) is 3.17. The summed E-state index contributed by atoms with van der Waals surface area (Å²) in [5.74, 6) is -0.286. The SMILES string of the molecule is O=C(NC1CCN(c2nccc(-c3cccnc3)n2)C1)c1cc(F)ccc1Cl. The van der Waals surface area contributed by atoms with Crippen LogP contribution in [0.25, 0.3) is 11.3 Å². The number of nitrogens with zero attached hydrogens (tertiary/aromatic N) is 4. The van der Waals surface area contributed by atoms with E-state index in [4.69, 9.17) is 11.6 Å². The van der Waals surface area contributed by atoms with Crippen molar-refractivity contribution in [2.75, 3.05) is 18.0 Å². The van der Waals surface area contributed by atoms with Gasteiger partial charge in [-0.2, -0.15) is 0 Å². The van der Waals surface area contributed by atoms with Crippen LogP contribution in [0, 0.1) is 5.82 Å². The fraction of sp³-hybridized carbons (Fsp3) is 0.200. The van der Waals surface area contributed by atoms with Gasteiger partial charge >= 0.3 is 0 Å². The standard InChI is InChI=1S/C20H17ClFN5O/c21-17-4-3-14(22)10-16(17)19(28)25-15-6-9-27(12-15)20-24-8-5-18(26-20)13-2-1-7-23-11-13/h1-5,7-8,10-11,15H,6,9,12H2,(H,25,28). The molecule has 28 heavy (non-hydrogen) atoms.